The highest BCUT2D eigenvalue weighted by Gasteiger charge is 2.34. The standard InChI is InChI=1S/C9H17F2NO/c1-7(2)13-5-8-3-4-9(10,11)6-12-8/h7-8,12H,3-6H2,1-2H3. The average Bonchev–Trinajstić information content (AvgIpc) is 2.02. The maximum absolute atomic E-state index is 12.7. The van der Waals surface area contributed by atoms with Gasteiger partial charge in [-0.2, -0.15) is 0 Å². The molecule has 1 aliphatic rings. The minimum atomic E-state index is -2.52. The molecule has 1 saturated heterocycles. The van der Waals surface area contributed by atoms with Crippen LogP contribution in [-0.4, -0.2) is 31.2 Å². The highest BCUT2D eigenvalue weighted by atomic mass is 19.3. The maximum atomic E-state index is 12.7. The molecule has 1 aliphatic heterocycles. The molecular formula is C9H17F2NO. The lowest BCUT2D eigenvalue weighted by atomic mass is 10.0. The van der Waals surface area contributed by atoms with Crippen LogP contribution in [0.15, 0.2) is 0 Å². The van der Waals surface area contributed by atoms with Gasteiger partial charge in [-0.3, -0.25) is 0 Å². The Morgan fingerprint density at radius 3 is 2.69 bits per heavy atom. The van der Waals surface area contributed by atoms with Crippen LogP contribution < -0.4 is 5.32 Å². The molecule has 0 amide bonds. The molecule has 13 heavy (non-hydrogen) atoms. The van der Waals surface area contributed by atoms with Crippen molar-refractivity contribution in [2.75, 3.05) is 13.2 Å². The third-order valence-corrected chi connectivity index (χ3v) is 2.14. The Balaban J connectivity index is 2.18. The fraction of sp³-hybridized carbons (Fsp3) is 1.00. The number of halogens is 2. The van der Waals surface area contributed by atoms with E-state index in [1.807, 2.05) is 13.8 Å². The summed E-state index contributed by atoms with van der Waals surface area (Å²) in [7, 11) is 0. The molecule has 1 fully saturated rings. The van der Waals surface area contributed by atoms with E-state index in [-0.39, 0.29) is 25.1 Å². The van der Waals surface area contributed by atoms with E-state index >= 15 is 0 Å². The van der Waals surface area contributed by atoms with E-state index in [0.29, 0.717) is 13.0 Å². The van der Waals surface area contributed by atoms with Crippen molar-refractivity contribution < 1.29 is 13.5 Å². The van der Waals surface area contributed by atoms with Gasteiger partial charge in [0.05, 0.1) is 19.3 Å². The quantitative estimate of drug-likeness (QED) is 0.738. The predicted molar refractivity (Wildman–Crippen MR) is 47.1 cm³/mol. The zero-order valence-electron chi connectivity index (χ0n) is 8.15. The topological polar surface area (TPSA) is 21.3 Å². The molecule has 1 atom stereocenters. The second-order valence-electron chi connectivity index (χ2n) is 3.85. The molecule has 0 radical (unpaired) electrons. The minimum Gasteiger partial charge on any atom is -0.377 e. The Kier molecular flexibility index (Phi) is 3.62. The molecular weight excluding hydrogens is 176 g/mol. The van der Waals surface area contributed by atoms with Crippen LogP contribution in [0.25, 0.3) is 0 Å². The summed E-state index contributed by atoms with van der Waals surface area (Å²) in [4.78, 5) is 0. The summed E-state index contributed by atoms with van der Waals surface area (Å²) in [6.45, 7) is 4.21. The van der Waals surface area contributed by atoms with Gasteiger partial charge in [0.1, 0.15) is 0 Å². The van der Waals surface area contributed by atoms with Crippen LogP contribution in [0.1, 0.15) is 26.7 Å². The summed E-state index contributed by atoms with van der Waals surface area (Å²) >= 11 is 0. The van der Waals surface area contributed by atoms with Gasteiger partial charge in [-0.25, -0.2) is 8.78 Å². The molecule has 78 valence electrons. The van der Waals surface area contributed by atoms with Gasteiger partial charge in [-0.15, -0.1) is 0 Å². The second kappa shape index (κ2) is 4.33. The van der Waals surface area contributed by atoms with Gasteiger partial charge in [0.25, 0.3) is 5.92 Å². The smallest absolute Gasteiger partial charge is 0.260 e. The van der Waals surface area contributed by atoms with Crippen LogP contribution in [0.2, 0.25) is 0 Å². The molecule has 0 aromatic carbocycles. The molecule has 2 nitrogen and oxygen atoms in total. The van der Waals surface area contributed by atoms with Crippen molar-refractivity contribution in [1.82, 2.24) is 5.32 Å². The van der Waals surface area contributed by atoms with Crippen LogP contribution in [-0.2, 0) is 4.74 Å². The Morgan fingerprint density at radius 1 is 1.54 bits per heavy atom. The van der Waals surface area contributed by atoms with Crippen molar-refractivity contribution in [3.63, 3.8) is 0 Å². The molecule has 0 bridgehead atoms. The van der Waals surface area contributed by atoms with Gasteiger partial charge in [-0.05, 0) is 20.3 Å². The molecule has 0 saturated carbocycles. The summed E-state index contributed by atoms with van der Waals surface area (Å²) in [5.74, 6) is -2.52. The van der Waals surface area contributed by atoms with E-state index in [1.165, 1.54) is 0 Å². The van der Waals surface area contributed by atoms with Gasteiger partial charge < -0.3 is 10.1 Å². The average molecular weight is 193 g/mol. The van der Waals surface area contributed by atoms with E-state index in [4.69, 9.17) is 4.74 Å². The number of piperidine rings is 1. The first-order chi connectivity index (χ1) is 5.99. The summed E-state index contributed by atoms with van der Waals surface area (Å²) in [5, 5.41) is 2.79. The molecule has 1 unspecified atom stereocenters. The third-order valence-electron chi connectivity index (χ3n) is 2.14. The van der Waals surface area contributed by atoms with Crippen LogP contribution in [0.3, 0.4) is 0 Å². The van der Waals surface area contributed by atoms with Crippen molar-refractivity contribution in [3.05, 3.63) is 0 Å². The minimum absolute atomic E-state index is 0.0217. The van der Waals surface area contributed by atoms with E-state index < -0.39 is 5.92 Å². The number of hydrogen-bond acceptors (Lipinski definition) is 2. The first-order valence-corrected chi connectivity index (χ1v) is 4.72. The zero-order valence-corrected chi connectivity index (χ0v) is 8.15. The lowest BCUT2D eigenvalue weighted by Crippen LogP contribution is -2.47. The Morgan fingerprint density at radius 2 is 2.23 bits per heavy atom. The monoisotopic (exact) mass is 193 g/mol. The van der Waals surface area contributed by atoms with Crippen LogP contribution >= 0.6 is 0 Å². The molecule has 0 aromatic heterocycles. The number of rotatable bonds is 3. The zero-order chi connectivity index (χ0) is 9.90. The van der Waals surface area contributed by atoms with Crippen LogP contribution in [0, 0.1) is 0 Å². The van der Waals surface area contributed by atoms with E-state index in [9.17, 15) is 8.78 Å². The van der Waals surface area contributed by atoms with Crippen molar-refractivity contribution >= 4 is 0 Å². The fourth-order valence-electron chi connectivity index (χ4n) is 1.32. The number of alkyl halides is 2. The first-order valence-electron chi connectivity index (χ1n) is 4.72. The van der Waals surface area contributed by atoms with Gasteiger partial charge in [0.15, 0.2) is 0 Å². The summed E-state index contributed by atoms with van der Waals surface area (Å²) in [5.41, 5.74) is 0. The highest BCUT2D eigenvalue weighted by molar-refractivity contribution is 4.82. The lowest BCUT2D eigenvalue weighted by Gasteiger charge is -2.29. The van der Waals surface area contributed by atoms with E-state index in [2.05, 4.69) is 5.32 Å². The number of ether oxygens (including phenoxy) is 1. The second-order valence-corrected chi connectivity index (χ2v) is 3.85. The Bertz CT molecular complexity index is 149. The summed E-state index contributed by atoms with van der Waals surface area (Å²) < 4.78 is 30.7. The molecule has 1 heterocycles. The largest absolute Gasteiger partial charge is 0.377 e. The summed E-state index contributed by atoms with van der Waals surface area (Å²) in [6, 6.07) is 0.0991. The first kappa shape index (κ1) is 10.9. The van der Waals surface area contributed by atoms with Crippen molar-refractivity contribution in [1.29, 1.82) is 0 Å². The normalized spacial score (nSPS) is 27.9. The Labute approximate surface area is 77.6 Å². The molecule has 1 N–H and O–H groups in total. The van der Waals surface area contributed by atoms with Crippen LogP contribution in [0.4, 0.5) is 8.78 Å². The van der Waals surface area contributed by atoms with Gasteiger partial charge in [0, 0.05) is 12.5 Å². The third kappa shape index (κ3) is 4.00. The van der Waals surface area contributed by atoms with E-state index in [1.54, 1.807) is 0 Å². The number of nitrogens with one attached hydrogen (secondary N) is 1. The highest BCUT2D eigenvalue weighted by Crippen LogP contribution is 2.24. The van der Waals surface area contributed by atoms with Gasteiger partial charge in [0.2, 0.25) is 0 Å². The van der Waals surface area contributed by atoms with Crippen molar-refractivity contribution in [2.45, 2.75) is 44.8 Å². The van der Waals surface area contributed by atoms with Crippen molar-refractivity contribution in [3.8, 4) is 0 Å². The summed E-state index contributed by atoms with van der Waals surface area (Å²) in [6.07, 6.45) is 0.649. The van der Waals surface area contributed by atoms with Gasteiger partial charge in [-0.1, -0.05) is 0 Å². The Hall–Kier alpha value is -0.220. The van der Waals surface area contributed by atoms with Crippen LogP contribution in [0.5, 0.6) is 0 Å². The van der Waals surface area contributed by atoms with Crippen molar-refractivity contribution in [2.24, 2.45) is 0 Å². The molecule has 0 aliphatic carbocycles. The SMILES string of the molecule is CC(C)OCC1CCC(F)(F)CN1. The maximum Gasteiger partial charge on any atom is 0.260 e. The lowest BCUT2D eigenvalue weighted by molar-refractivity contribution is -0.0426. The molecule has 0 aromatic rings. The van der Waals surface area contributed by atoms with Gasteiger partial charge >= 0.3 is 0 Å². The molecule has 4 heteroatoms. The number of hydrogen-bond donors (Lipinski definition) is 1. The molecule has 1 rings (SSSR count). The van der Waals surface area contributed by atoms with E-state index in [0.717, 1.165) is 0 Å². The fourth-order valence-corrected chi connectivity index (χ4v) is 1.32. The molecule has 0 spiro atoms. The predicted octanol–water partition coefficient (Wildman–Crippen LogP) is 1.80.